The molecular formula is C14H17BrClNO3S. The largest absolute Gasteiger partial charge is 0.352 e. The summed E-state index contributed by atoms with van der Waals surface area (Å²) in [5.74, 6) is 0.187. The van der Waals surface area contributed by atoms with Crippen molar-refractivity contribution in [1.82, 2.24) is 5.32 Å². The molecule has 0 aromatic heterocycles. The topological polar surface area (TPSA) is 63.2 Å². The number of nitrogens with one attached hydrogen (secondary N) is 1. The maximum Gasteiger partial charge on any atom is 0.261 e. The zero-order valence-electron chi connectivity index (χ0n) is 12.0. The van der Waals surface area contributed by atoms with Crippen molar-refractivity contribution in [3.8, 4) is 0 Å². The minimum absolute atomic E-state index is 0.0459. The molecular weight excluding hydrogens is 378 g/mol. The molecule has 1 aliphatic rings. The standard InChI is InChI=1S/C14H17BrClNO3S/c1-8-11(15)4-9(5-12(8)21(16,19)20)13(18)17-7-10-6-14(10,2)3/h4-5,10H,6-7H2,1-3H3,(H,17,18). The molecule has 0 saturated heterocycles. The number of amides is 1. The van der Waals surface area contributed by atoms with Crippen LogP contribution in [0.4, 0.5) is 0 Å². The van der Waals surface area contributed by atoms with E-state index in [2.05, 4.69) is 35.1 Å². The van der Waals surface area contributed by atoms with Gasteiger partial charge >= 0.3 is 0 Å². The molecule has 1 amide bonds. The predicted molar refractivity (Wildman–Crippen MR) is 86.1 cm³/mol. The second-order valence-electron chi connectivity index (χ2n) is 6.12. The van der Waals surface area contributed by atoms with E-state index in [-0.39, 0.29) is 21.8 Å². The highest BCUT2D eigenvalue weighted by atomic mass is 79.9. The second-order valence-corrected chi connectivity index (χ2v) is 9.51. The van der Waals surface area contributed by atoms with Crippen molar-refractivity contribution in [1.29, 1.82) is 0 Å². The zero-order chi connectivity index (χ0) is 16.0. The Labute approximate surface area is 137 Å². The van der Waals surface area contributed by atoms with E-state index in [1.807, 2.05) is 0 Å². The molecule has 0 aliphatic heterocycles. The van der Waals surface area contributed by atoms with Gasteiger partial charge in [0, 0.05) is 27.3 Å². The molecule has 2 rings (SSSR count). The third-order valence-electron chi connectivity index (χ3n) is 4.05. The molecule has 1 N–H and O–H groups in total. The number of carbonyl (C=O) groups is 1. The number of carbonyl (C=O) groups excluding carboxylic acids is 1. The molecule has 1 aromatic carbocycles. The highest BCUT2D eigenvalue weighted by Crippen LogP contribution is 2.51. The summed E-state index contributed by atoms with van der Waals surface area (Å²) < 4.78 is 23.7. The highest BCUT2D eigenvalue weighted by molar-refractivity contribution is 9.10. The lowest BCUT2D eigenvalue weighted by atomic mass is 10.1. The van der Waals surface area contributed by atoms with Crippen LogP contribution in [0.5, 0.6) is 0 Å². The van der Waals surface area contributed by atoms with Crippen LogP contribution in [0.1, 0.15) is 36.2 Å². The average Bonchev–Trinajstić information content (AvgIpc) is 2.95. The van der Waals surface area contributed by atoms with Gasteiger partial charge in [0.05, 0.1) is 4.90 Å². The Morgan fingerprint density at radius 3 is 2.52 bits per heavy atom. The molecule has 1 fully saturated rings. The molecule has 4 nitrogen and oxygen atoms in total. The molecule has 1 aliphatic carbocycles. The third-order valence-corrected chi connectivity index (χ3v) is 6.32. The van der Waals surface area contributed by atoms with E-state index in [1.165, 1.54) is 6.07 Å². The van der Waals surface area contributed by atoms with Gasteiger partial charge in [0.15, 0.2) is 0 Å². The van der Waals surface area contributed by atoms with Crippen molar-refractivity contribution in [3.05, 3.63) is 27.7 Å². The summed E-state index contributed by atoms with van der Waals surface area (Å²) in [6.07, 6.45) is 1.09. The normalized spacial score (nSPS) is 20.1. The fourth-order valence-electron chi connectivity index (χ4n) is 2.28. The van der Waals surface area contributed by atoms with Gasteiger partial charge in [-0.1, -0.05) is 29.8 Å². The lowest BCUT2D eigenvalue weighted by Crippen LogP contribution is -2.26. The molecule has 1 saturated carbocycles. The summed E-state index contributed by atoms with van der Waals surface area (Å²) in [6, 6.07) is 2.92. The SMILES string of the molecule is Cc1c(Br)cc(C(=O)NCC2CC2(C)C)cc1S(=O)(=O)Cl. The van der Waals surface area contributed by atoms with E-state index in [0.29, 0.717) is 22.5 Å². The van der Waals surface area contributed by atoms with E-state index in [4.69, 9.17) is 10.7 Å². The van der Waals surface area contributed by atoms with Crippen LogP contribution in [0.15, 0.2) is 21.5 Å². The van der Waals surface area contributed by atoms with Gasteiger partial charge in [0.1, 0.15) is 0 Å². The Balaban J connectivity index is 2.20. The summed E-state index contributed by atoms with van der Waals surface area (Å²) >= 11 is 3.27. The highest BCUT2D eigenvalue weighted by Gasteiger charge is 2.45. The van der Waals surface area contributed by atoms with Crippen molar-refractivity contribution in [2.24, 2.45) is 11.3 Å². The molecule has 116 valence electrons. The fourth-order valence-corrected chi connectivity index (χ4v) is 4.10. The first-order chi connectivity index (χ1) is 9.52. The second kappa shape index (κ2) is 5.56. The Bertz CT molecular complexity index is 700. The van der Waals surface area contributed by atoms with Gasteiger partial charge in [-0.25, -0.2) is 8.42 Å². The number of halogens is 2. The van der Waals surface area contributed by atoms with Crippen LogP contribution < -0.4 is 5.32 Å². The summed E-state index contributed by atoms with van der Waals surface area (Å²) in [5, 5.41) is 2.84. The predicted octanol–water partition coefficient (Wildman–Crippen LogP) is 3.46. The summed E-state index contributed by atoms with van der Waals surface area (Å²) in [4.78, 5) is 12.1. The average molecular weight is 395 g/mol. The van der Waals surface area contributed by atoms with Crippen LogP contribution in [-0.4, -0.2) is 20.9 Å². The maximum absolute atomic E-state index is 12.2. The van der Waals surface area contributed by atoms with Crippen LogP contribution in [-0.2, 0) is 9.05 Å². The Hall–Kier alpha value is -0.590. The van der Waals surface area contributed by atoms with Gasteiger partial charge in [0.25, 0.3) is 15.0 Å². The van der Waals surface area contributed by atoms with Crippen LogP contribution in [0, 0.1) is 18.3 Å². The van der Waals surface area contributed by atoms with E-state index < -0.39 is 9.05 Å². The Morgan fingerprint density at radius 2 is 2.05 bits per heavy atom. The molecule has 21 heavy (non-hydrogen) atoms. The molecule has 0 spiro atoms. The van der Waals surface area contributed by atoms with E-state index in [9.17, 15) is 13.2 Å². The van der Waals surface area contributed by atoms with Crippen molar-refractivity contribution >= 4 is 41.6 Å². The van der Waals surface area contributed by atoms with Crippen molar-refractivity contribution < 1.29 is 13.2 Å². The number of benzene rings is 1. The Kier molecular flexibility index (Phi) is 4.44. The van der Waals surface area contributed by atoms with Gasteiger partial charge < -0.3 is 5.32 Å². The zero-order valence-corrected chi connectivity index (χ0v) is 15.2. The quantitative estimate of drug-likeness (QED) is 0.795. The first-order valence-corrected chi connectivity index (χ1v) is 9.65. The van der Waals surface area contributed by atoms with E-state index in [1.54, 1.807) is 13.0 Å². The Morgan fingerprint density at radius 1 is 1.48 bits per heavy atom. The molecule has 1 atom stereocenters. The van der Waals surface area contributed by atoms with Crippen molar-refractivity contribution in [2.75, 3.05) is 6.54 Å². The molecule has 1 aromatic rings. The molecule has 7 heteroatoms. The summed E-state index contributed by atoms with van der Waals surface area (Å²) in [5.41, 5.74) is 1.06. The minimum atomic E-state index is -3.89. The molecule has 0 heterocycles. The number of hydrogen-bond donors (Lipinski definition) is 1. The van der Waals surface area contributed by atoms with E-state index in [0.717, 1.165) is 6.42 Å². The molecule has 1 unspecified atom stereocenters. The van der Waals surface area contributed by atoms with Crippen LogP contribution in [0.3, 0.4) is 0 Å². The first-order valence-electron chi connectivity index (χ1n) is 6.55. The van der Waals surface area contributed by atoms with Crippen molar-refractivity contribution in [2.45, 2.75) is 32.1 Å². The number of hydrogen-bond acceptors (Lipinski definition) is 3. The van der Waals surface area contributed by atoms with E-state index >= 15 is 0 Å². The fraction of sp³-hybridized carbons (Fsp3) is 0.500. The number of rotatable bonds is 4. The summed E-state index contributed by atoms with van der Waals surface area (Å²) in [7, 11) is 1.52. The van der Waals surface area contributed by atoms with Crippen LogP contribution in [0.2, 0.25) is 0 Å². The van der Waals surface area contributed by atoms with Crippen LogP contribution in [0.25, 0.3) is 0 Å². The van der Waals surface area contributed by atoms with Crippen LogP contribution >= 0.6 is 26.6 Å². The van der Waals surface area contributed by atoms with Crippen molar-refractivity contribution in [3.63, 3.8) is 0 Å². The third kappa shape index (κ3) is 3.79. The van der Waals surface area contributed by atoms with Gasteiger partial charge in [-0.05, 0) is 42.4 Å². The summed E-state index contributed by atoms with van der Waals surface area (Å²) in [6.45, 7) is 6.54. The van der Waals surface area contributed by atoms with Gasteiger partial charge in [-0.15, -0.1) is 0 Å². The lowest BCUT2D eigenvalue weighted by Gasteiger charge is -2.10. The smallest absolute Gasteiger partial charge is 0.261 e. The van der Waals surface area contributed by atoms with Gasteiger partial charge in [-0.3, -0.25) is 4.79 Å². The minimum Gasteiger partial charge on any atom is -0.352 e. The van der Waals surface area contributed by atoms with Gasteiger partial charge in [0.2, 0.25) is 0 Å². The molecule has 0 radical (unpaired) electrons. The maximum atomic E-state index is 12.2. The first kappa shape index (κ1) is 16.8. The lowest BCUT2D eigenvalue weighted by molar-refractivity contribution is 0.0950. The monoisotopic (exact) mass is 393 g/mol. The molecule has 0 bridgehead atoms. The van der Waals surface area contributed by atoms with Gasteiger partial charge in [-0.2, -0.15) is 0 Å².